The molecule has 6 nitrogen and oxygen atoms in total. The summed E-state index contributed by atoms with van der Waals surface area (Å²) >= 11 is 0. The van der Waals surface area contributed by atoms with Gasteiger partial charge in [-0.2, -0.15) is 0 Å². The molecule has 0 atom stereocenters. The fourth-order valence-corrected chi connectivity index (χ4v) is 3.91. The van der Waals surface area contributed by atoms with Gasteiger partial charge in [-0.15, -0.1) is 12.4 Å². The van der Waals surface area contributed by atoms with Crippen LogP contribution in [0.3, 0.4) is 0 Å². The van der Waals surface area contributed by atoms with E-state index in [1.54, 1.807) is 32.4 Å². The highest BCUT2D eigenvalue weighted by molar-refractivity contribution is 5.91. The summed E-state index contributed by atoms with van der Waals surface area (Å²) in [4.78, 5) is 21.1. The molecule has 10 heteroatoms. The van der Waals surface area contributed by atoms with E-state index in [-0.39, 0.29) is 49.8 Å². The third-order valence-corrected chi connectivity index (χ3v) is 5.75. The number of amides is 2. The van der Waals surface area contributed by atoms with E-state index in [0.29, 0.717) is 16.9 Å². The topological polar surface area (TPSA) is 78.9 Å². The number of rotatable bonds is 4. The van der Waals surface area contributed by atoms with Crippen molar-refractivity contribution >= 4 is 40.8 Å². The molecule has 1 saturated carbocycles. The summed E-state index contributed by atoms with van der Waals surface area (Å²) in [5, 5.41) is 8.97. The lowest BCUT2D eigenvalue weighted by molar-refractivity contribution is -0.0394. The second kappa shape index (κ2) is 9.82. The molecule has 0 unspecified atom stereocenters. The summed E-state index contributed by atoms with van der Waals surface area (Å²) in [5.74, 6) is -2.55. The summed E-state index contributed by atoms with van der Waals surface area (Å²) in [7, 11) is 1.78. The summed E-state index contributed by atoms with van der Waals surface area (Å²) in [5.41, 5.74) is 2.93. The molecule has 33 heavy (non-hydrogen) atoms. The summed E-state index contributed by atoms with van der Waals surface area (Å²) < 4.78 is 41.2. The van der Waals surface area contributed by atoms with E-state index >= 15 is 0 Å². The maximum absolute atomic E-state index is 14.5. The molecule has 1 aliphatic rings. The summed E-state index contributed by atoms with van der Waals surface area (Å²) in [6, 6.07) is 5.66. The molecule has 0 radical (unpaired) electrons. The maximum atomic E-state index is 14.5. The number of alkyl halides is 2. The molecule has 1 fully saturated rings. The lowest BCUT2D eigenvalue weighted by atomic mass is 9.92. The fraction of sp³-hybridized carbons (Fsp3) is 0.348. The first-order valence-electron chi connectivity index (χ1n) is 10.4. The maximum Gasteiger partial charge on any atom is 0.319 e. The predicted molar refractivity (Wildman–Crippen MR) is 126 cm³/mol. The number of benzene rings is 1. The van der Waals surface area contributed by atoms with Crippen LogP contribution in [0.25, 0.3) is 22.0 Å². The summed E-state index contributed by atoms with van der Waals surface area (Å²) in [6.07, 6.45) is 3.24. The minimum atomic E-state index is -2.68. The van der Waals surface area contributed by atoms with Gasteiger partial charge >= 0.3 is 6.03 Å². The fourth-order valence-electron chi connectivity index (χ4n) is 3.91. The SMILES string of the molecule is CNc1cc2ncc(-c3cc(NC(=O)NC4CCC(F)(F)CC4)c(F)cc3C)cc2cn1.Cl. The minimum Gasteiger partial charge on any atom is -0.373 e. The number of fused-ring (bicyclic) bond motifs is 1. The van der Waals surface area contributed by atoms with Gasteiger partial charge in [0.1, 0.15) is 11.6 Å². The number of hydrogen-bond acceptors (Lipinski definition) is 4. The van der Waals surface area contributed by atoms with Gasteiger partial charge in [0.25, 0.3) is 0 Å². The van der Waals surface area contributed by atoms with Crippen molar-refractivity contribution in [1.82, 2.24) is 15.3 Å². The number of anilines is 2. The molecule has 0 saturated heterocycles. The van der Waals surface area contributed by atoms with E-state index in [4.69, 9.17) is 0 Å². The van der Waals surface area contributed by atoms with E-state index in [1.165, 1.54) is 6.07 Å². The highest BCUT2D eigenvalue weighted by Gasteiger charge is 2.35. The van der Waals surface area contributed by atoms with Gasteiger partial charge in [-0.1, -0.05) is 0 Å². The first-order chi connectivity index (χ1) is 15.2. The Morgan fingerprint density at radius 1 is 1.09 bits per heavy atom. The van der Waals surface area contributed by atoms with Gasteiger partial charge in [0.2, 0.25) is 5.92 Å². The average Bonchev–Trinajstić information content (AvgIpc) is 2.76. The zero-order valence-corrected chi connectivity index (χ0v) is 19.0. The first-order valence-corrected chi connectivity index (χ1v) is 10.4. The molecule has 0 aliphatic heterocycles. The van der Waals surface area contributed by atoms with Crippen molar-refractivity contribution in [1.29, 1.82) is 0 Å². The lowest BCUT2D eigenvalue weighted by Gasteiger charge is -2.28. The normalized spacial score (nSPS) is 15.5. The third kappa shape index (κ3) is 5.65. The van der Waals surface area contributed by atoms with Gasteiger partial charge in [-0.3, -0.25) is 4.98 Å². The Morgan fingerprint density at radius 2 is 1.82 bits per heavy atom. The number of urea groups is 1. The van der Waals surface area contributed by atoms with Crippen LogP contribution in [0.5, 0.6) is 0 Å². The number of hydrogen-bond donors (Lipinski definition) is 3. The number of aromatic nitrogens is 2. The van der Waals surface area contributed by atoms with E-state index in [9.17, 15) is 18.0 Å². The number of pyridine rings is 2. The van der Waals surface area contributed by atoms with Gasteiger partial charge in [0.05, 0.1) is 11.2 Å². The zero-order chi connectivity index (χ0) is 22.9. The van der Waals surface area contributed by atoms with Crippen molar-refractivity contribution in [3.63, 3.8) is 0 Å². The first kappa shape index (κ1) is 24.6. The van der Waals surface area contributed by atoms with Crippen molar-refractivity contribution in [3.05, 3.63) is 48.0 Å². The number of nitrogens with one attached hydrogen (secondary N) is 3. The molecule has 2 amide bonds. The van der Waals surface area contributed by atoms with Gasteiger partial charge in [-0.05, 0) is 49.1 Å². The number of aryl methyl sites for hydroxylation is 1. The smallest absolute Gasteiger partial charge is 0.319 e. The molecule has 176 valence electrons. The molecule has 4 rings (SSSR count). The monoisotopic (exact) mass is 479 g/mol. The van der Waals surface area contributed by atoms with E-state index in [2.05, 4.69) is 25.9 Å². The quantitative estimate of drug-likeness (QED) is 0.435. The van der Waals surface area contributed by atoms with Gasteiger partial charge in [0.15, 0.2) is 0 Å². The Morgan fingerprint density at radius 3 is 2.52 bits per heavy atom. The number of carbonyl (C=O) groups excluding carboxylic acids is 1. The highest BCUT2D eigenvalue weighted by atomic mass is 35.5. The number of nitrogens with zero attached hydrogens (tertiary/aromatic N) is 2. The predicted octanol–water partition coefficient (Wildman–Crippen LogP) is 5.91. The van der Waals surface area contributed by atoms with Crippen LogP contribution in [0.1, 0.15) is 31.2 Å². The van der Waals surface area contributed by atoms with E-state index < -0.39 is 17.8 Å². The van der Waals surface area contributed by atoms with Crippen LogP contribution < -0.4 is 16.0 Å². The van der Waals surface area contributed by atoms with Crippen molar-refractivity contribution in [2.75, 3.05) is 17.7 Å². The standard InChI is InChI=1S/C23H24F3N5O.ClH/c1-13-7-18(24)20(31-22(32)30-16-3-5-23(25,26)6-4-16)9-17(13)14-8-15-12-29-21(27-2)10-19(15)28-11-14;/h7-12,16H,3-6H2,1-2H3,(H,27,29)(H2,30,31,32);1H. The van der Waals surface area contributed by atoms with Crippen molar-refractivity contribution in [3.8, 4) is 11.1 Å². The van der Waals surface area contributed by atoms with Crippen LogP contribution in [0.4, 0.5) is 29.5 Å². The Balaban J connectivity index is 0.00000306. The molecule has 3 aromatic rings. The van der Waals surface area contributed by atoms with Crippen molar-refractivity contribution in [2.24, 2.45) is 0 Å². The second-order valence-corrected chi connectivity index (χ2v) is 8.11. The van der Waals surface area contributed by atoms with Crippen LogP contribution in [-0.4, -0.2) is 35.0 Å². The Bertz CT molecular complexity index is 1160. The number of carbonyl (C=O) groups is 1. The van der Waals surface area contributed by atoms with Crippen LogP contribution in [0.2, 0.25) is 0 Å². The molecule has 0 spiro atoms. The van der Waals surface area contributed by atoms with Crippen LogP contribution in [0.15, 0.2) is 36.7 Å². The van der Waals surface area contributed by atoms with E-state index in [0.717, 1.165) is 16.5 Å². The van der Waals surface area contributed by atoms with Gasteiger partial charge < -0.3 is 16.0 Å². The van der Waals surface area contributed by atoms with Crippen LogP contribution in [0, 0.1) is 12.7 Å². The molecule has 0 bridgehead atoms. The van der Waals surface area contributed by atoms with Crippen LogP contribution in [-0.2, 0) is 0 Å². The molecule has 1 aliphatic carbocycles. The lowest BCUT2D eigenvalue weighted by Crippen LogP contribution is -2.42. The Labute approximate surface area is 195 Å². The van der Waals surface area contributed by atoms with Gasteiger partial charge in [-0.25, -0.2) is 22.9 Å². The molecule has 2 aromatic heterocycles. The Hall–Kier alpha value is -3.07. The van der Waals surface area contributed by atoms with E-state index in [1.807, 2.05) is 12.1 Å². The summed E-state index contributed by atoms with van der Waals surface area (Å²) in [6.45, 7) is 1.77. The molecular formula is C23H25ClF3N5O. The third-order valence-electron chi connectivity index (χ3n) is 5.75. The molecule has 1 aromatic carbocycles. The highest BCUT2D eigenvalue weighted by Crippen LogP contribution is 2.33. The Kier molecular flexibility index (Phi) is 7.31. The van der Waals surface area contributed by atoms with Crippen LogP contribution >= 0.6 is 12.4 Å². The molecule has 3 N–H and O–H groups in total. The van der Waals surface area contributed by atoms with Gasteiger partial charge in [0, 0.05) is 55.3 Å². The zero-order valence-electron chi connectivity index (χ0n) is 18.2. The molecule has 2 heterocycles. The molecular weight excluding hydrogens is 455 g/mol. The van der Waals surface area contributed by atoms with Crippen molar-refractivity contribution in [2.45, 2.75) is 44.6 Å². The number of halogens is 4. The average molecular weight is 480 g/mol. The largest absolute Gasteiger partial charge is 0.373 e. The second-order valence-electron chi connectivity index (χ2n) is 8.11. The van der Waals surface area contributed by atoms with Crippen molar-refractivity contribution < 1.29 is 18.0 Å². The minimum absolute atomic E-state index is 0.